The first-order valence-electron chi connectivity index (χ1n) is 4.99. The molecule has 0 saturated heterocycles. The zero-order chi connectivity index (χ0) is 12.0. The fraction of sp³-hybridized carbons (Fsp3) is 0.556. The lowest BCUT2D eigenvalue weighted by Crippen LogP contribution is -2.27. The molecule has 0 aliphatic rings. The molecule has 0 amide bonds. The molecular formula is C9H16N4O2S. The SMILES string of the molecule is Cc1nccc(CNS(=O)(=O)CCCN)n1. The first-order valence-corrected chi connectivity index (χ1v) is 6.64. The van der Waals surface area contributed by atoms with E-state index in [0.717, 1.165) is 0 Å². The molecule has 1 aromatic rings. The van der Waals surface area contributed by atoms with Gasteiger partial charge in [0.05, 0.1) is 18.0 Å². The summed E-state index contributed by atoms with van der Waals surface area (Å²) >= 11 is 0. The van der Waals surface area contributed by atoms with Crippen LogP contribution in [0.5, 0.6) is 0 Å². The van der Waals surface area contributed by atoms with Gasteiger partial charge in [-0.3, -0.25) is 0 Å². The highest BCUT2D eigenvalue weighted by molar-refractivity contribution is 7.89. The van der Waals surface area contributed by atoms with E-state index in [1.807, 2.05) is 0 Å². The number of nitrogens with one attached hydrogen (secondary N) is 1. The molecule has 1 heterocycles. The van der Waals surface area contributed by atoms with Gasteiger partial charge >= 0.3 is 0 Å². The van der Waals surface area contributed by atoms with Gasteiger partial charge in [0.1, 0.15) is 5.82 Å². The molecule has 16 heavy (non-hydrogen) atoms. The van der Waals surface area contributed by atoms with Crippen molar-refractivity contribution < 1.29 is 8.42 Å². The maximum absolute atomic E-state index is 11.4. The van der Waals surface area contributed by atoms with Crippen LogP contribution in [0.15, 0.2) is 12.3 Å². The molecule has 0 radical (unpaired) electrons. The zero-order valence-corrected chi connectivity index (χ0v) is 10.00. The molecule has 0 unspecified atom stereocenters. The van der Waals surface area contributed by atoms with Crippen molar-refractivity contribution >= 4 is 10.0 Å². The van der Waals surface area contributed by atoms with Gasteiger partial charge in [-0.2, -0.15) is 0 Å². The van der Waals surface area contributed by atoms with Crippen LogP contribution in [0.3, 0.4) is 0 Å². The zero-order valence-electron chi connectivity index (χ0n) is 9.18. The topological polar surface area (TPSA) is 98.0 Å². The molecule has 90 valence electrons. The summed E-state index contributed by atoms with van der Waals surface area (Å²) in [5, 5.41) is 0. The van der Waals surface area contributed by atoms with Gasteiger partial charge in [-0.05, 0) is 26.0 Å². The van der Waals surface area contributed by atoms with Crippen LogP contribution < -0.4 is 10.5 Å². The summed E-state index contributed by atoms with van der Waals surface area (Å²) in [4.78, 5) is 8.02. The van der Waals surface area contributed by atoms with Crippen LogP contribution in [0, 0.1) is 6.92 Å². The molecule has 7 heteroatoms. The van der Waals surface area contributed by atoms with E-state index in [1.165, 1.54) is 0 Å². The second kappa shape index (κ2) is 5.88. The van der Waals surface area contributed by atoms with Crippen molar-refractivity contribution in [1.29, 1.82) is 0 Å². The third-order valence-electron chi connectivity index (χ3n) is 1.92. The molecule has 0 aliphatic carbocycles. The van der Waals surface area contributed by atoms with Gasteiger partial charge in [-0.25, -0.2) is 23.1 Å². The Bertz CT molecular complexity index is 433. The molecule has 0 saturated carbocycles. The van der Waals surface area contributed by atoms with Gasteiger partial charge in [0.2, 0.25) is 10.0 Å². The van der Waals surface area contributed by atoms with Crippen LogP contribution in [-0.4, -0.2) is 30.7 Å². The number of hydrogen-bond donors (Lipinski definition) is 2. The van der Waals surface area contributed by atoms with Crippen molar-refractivity contribution in [3.8, 4) is 0 Å². The van der Waals surface area contributed by atoms with Crippen molar-refractivity contribution in [1.82, 2.24) is 14.7 Å². The minimum absolute atomic E-state index is 0.0492. The Morgan fingerprint density at radius 3 is 2.88 bits per heavy atom. The molecule has 6 nitrogen and oxygen atoms in total. The Balaban J connectivity index is 2.51. The summed E-state index contributed by atoms with van der Waals surface area (Å²) in [6.07, 6.45) is 2.06. The standard InChI is InChI=1S/C9H16N4O2S/c1-8-11-5-3-9(13-8)7-12-16(14,15)6-2-4-10/h3,5,12H,2,4,6-7,10H2,1H3. The molecular weight excluding hydrogens is 228 g/mol. The highest BCUT2D eigenvalue weighted by Crippen LogP contribution is 1.96. The van der Waals surface area contributed by atoms with Crippen LogP contribution in [0.4, 0.5) is 0 Å². The van der Waals surface area contributed by atoms with Crippen LogP contribution >= 0.6 is 0 Å². The lowest BCUT2D eigenvalue weighted by molar-refractivity contribution is 0.577. The van der Waals surface area contributed by atoms with E-state index in [0.29, 0.717) is 24.5 Å². The number of aryl methyl sites for hydroxylation is 1. The van der Waals surface area contributed by atoms with E-state index in [1.54, 1.807) is 19.2 Å². The lowest BCUT2D eigenvalue weighted by atomic mass is 10.4. The van der Waals surface area contributed by atoms with E-state index < -0.39 is 10.0 Å². The van der Waals surface area contributed by atoms with Gasteiger partial charge in [0, 0.05) is 6.20 Å². The average Bonchev–Trinajstić information content (AvgIpc) is 2.24. The predicted molar refractivity (Wildman–Crippen MR) is 61.1 cm³/mol. The van der Waals surface area contributed by atoms with Crippen LogP contribution in [0.1, 0.15) is 17.9 Å². The van der Waals surface area contributed by atoms with Gasteiger partial charge < -0.3 is 5.73 Å². The fourth-order valence-electron chi connectivity index (χ4n) is 1.13. The molecule has 0 aliphatic heterocycles. The normalized spacial score (nSPS) is 11.6. The number of nitrogens with two attached hydrogens (primary N) is 1. The number of hydrogen-bond acceptors (Lipinski definition) is 5. The Morgan fingerprint density at radius 2 is 2.25 bits per heavy atom. The smallest absolute Gasteiger partial charge is 0.211 e. The van der Waals surface area contributed by atoms with Crippen molar-refractivity contribution in [2.24, 2.45) is 5.73 Å². The monoisotopic (exact) mass is 244 g/mol. The number of rotatable bonds is 6. The summed E-state index contributed by atoms with van der Waals surface area (Å²) in [7, 11) is -3.25. The van der Waals surface area contributed by atoms with Gasteiger partial charge in [-0.1, -0.05) is 0 Å². The summed E-state index contributed by atoms with van der Waals surface area (Å²) in [6, 6.07) is 1.68. The fourth-order valence-corrected chi connectivity index (χ4v) is 2.19. The van der Waals surface area contributed by atoms with Crippen LogP contribution in [-0.2, 0) is 16.6 Å². The molecule has 1 aromatic heterocycles. The molecule has 0 spiro atoms. The van der Waals surface area contributed by atoms with Crippen molar-refractivity contribution in [3.05, 3.63) is 23.8 Å². The third kappa shape index (κ3) is 4.65. The Kier molecular flexibility index (Phi) is 4.78. The number of nitrogens with zero attached hydrogens (tertiary/aromatic N) is 2. The minimum atomic E-state index is -3.25. The van der Waals surface area contributed by atoms with E-state index in [4.69, 9.17) is 5.73 Å². The predicted octanol–water partition coefficient (Wildman–Crippen LogP) is -0.447. The quantitative estimate of drug-likeness (QED) is 0.706. The number of sulfonamides is 1. The van der Waals surface area contributed by atoms with Gasteiger partial charge in [0.25, 0.3) is 0 Å². The maximum Gasteiger partial charge on any atom is 0.211 e. The van der Waals surface area contributed by atoms with Gasteiger partial charge in [-0.15, -0.1) is 0 Å². The first-order chi connectivity index (χ1) is 7.53. The second-order valence-corrected chi connectivity index (χ2v) is 5.30. The lowest BCUT2D eigenvalue weighted by Gasteiger charge is -2.05. The van der Waals surface area contributed by atoms with Crippen molar-refractivity contribution in [3.63, 3.8) is 0 Å². The van der Waals surface area contributed by atoms with Crippen LogP contribution in [0.25, 0.3) is 0 Å². The Labute approximate surface area is 95.3 Å². The summed E-state index contributed by atoms with van der Waals surface area (Å²) in [6.45, 7) is 2.32. The van der Waals surface area contributed by atoms with E-state index in [-0.39, 0.29) is 12.3 Å². The molecule has 1 rings (SSSR count). The van der Waals surface area contributed by atoms with E-state index >= 15 is 0 Å². The van der Waals surface area contributed by atoms with Crippen LogP contribution in [0.2, 0.25) is 0 Å². The van der Waals surface area contributed by atoms with E-state index in [2.05, 4.69) is 14.7 Å². The highest BCUT2D eigenvalue weighted by Gasteiger charge is 2.09. The second-order valence-electron chi connectivity index (χ2n) is 3.38. The summed E-state index contributed by atoms with van der Waals surface area (Å²) in [5.74, 6) is 0.673. The largest absolute Gasteiger partial charge is 0.330 e. The summed E-state index contributed by atoms with van der Waals surface area (Å²) < 4.78 is 25.3. The number of aromatic nitrogens is 2. The van der Waals surface area contributed by atoms with Crippen molar-refractivity contribution in [2.75, 3.05) is 12.3 Å². The van der Waals surface area contributed by atoms with Gasteiger partial charge in [0.15, 0.2) is 0 Å². The molecule has 0 bridgehead atoms. The Hall–Kier alpha value is -1.05. The third-order valence-corrected chi connectivity index (χ3v) is 3.33. The first kappa shape index (κ1) is 13.0. The molecule has 0 fully saturated rings. The molecule has 3 N–H and O–H groups in total. The highest BCUT2D eigenvalue weighted by atomic mass is 32.2. The molecule has 0 atom stereocenters. The maximum atomic E-state index is 11.4. The Morgan fingerprint density at radius 1 is 1.50 bits per heavy atom. The minimum Gasteiger partial charge on any atom is -0.330 e. The molecule has 0 aromatic carbocycles. The average molecular weight is 244 g/mol. The van der Waals surface area contributed by atoms with Crippen molar-refractivity contribution in [2.45, 2.75) is 19.9 Å². The van der Waals surface area contributed by atoms with E-state index in [9.17, 15) is 8.42 Å². The summed E-state index contributed by atoms with van der Waals surface area (Å²) in [5.41, 5.74) is 5.91.